The highest BCUT2D eigenvalue weighted by Gasteiger charge is 2.24. The Labute approximate surface area is 95.9 Å². The van der Waals surface area contributed by atoms with Gasteiger partial charge >= 0.3 is 0 Å². The van der Waals surface area contributed by atoms with Crippen molar-refractivity contribution >= 4 is 0 Å². The van der Waals surface area contributed by atoms with Crippen LogP contribution in [0.2, 0.25) is 0 Å². The second-order valence-corrected chi connectivity index (χ2v) is 4.89. The number of nitrogens with zero attached hydrogens (tertiary/aromatic N) is 3. The Morgan fingerprint density at radius 1 is 1.06 bits per heavy atom. The minimum absolute atomic E-state index is 0.522. The lowest BCUT2D eigenvalue weighted by Crippen LogP contribution is -2.28. The zero-order chi connectivity index (χ0) is 10.8. The van der Waals surface area contributed by atoms with E-state index in [4.69, 9.17) is 4.98 Å². The summed E-state index contributed by atoms with van der Waals surface area (Å²) in [5.74, 6) is 2.16. The van der Waals surface area contributed by atoms with Gasteiger partial charge < -0.3 is 5.32 Å². The zero-order valence-corrected chi connectivity index (χ0v) is 9.52. The molecule has 3 rings (SSSR count). The number of rotatable bonds is 2. The average Bonchev–Trinajstić information content (AvgIpc) is 2.28. The zero-order valence-electron chi connectivity index (χ0n) is 9.52. The lowest BCUT2D eigenvalue weighted by atomic mass is 9.83. The van der Waals surface area contributed by atoms with Crippen molar-refractivity contribution in [2.45, 2.75) is 43.9 Å². The Morgan fingerprint density at radius 2 is 1.88 bits per heavy atom. The maximum absolute atomic E-state index is 4.72. The quantitative estimate of drug-likeness (QED) is 0.819. The highest BCUT2D eigenvalue weighted by Crippen LogP contribution is 2.35. The monoisotopic (exact) mass is 218 g/mol. The van der Waals surface area contributed by atoms with E-state index < -0.39 is 0 Å². The van der Waals surface area contributed by atoms with Crippen LogP contribution in [0.1, 0.15) is 55.5 Å². The second kappa shape index (κ2) is 4.45. The van der Waals surface area contributed by atoms with Gasteiger partial charge in [-0.05, 0) is 38.8 Å². The summed E-state index contributed by atoms with van der Waals surface area (Å²) < 4.78 is 0. The summed E-state index contributed by atoms with van der Waals surface area (Å²) in [6, 6.07) is 0. The van der Waals surface area contributed by atoms with Crippen LogP contribution in [-0.4, -0.2) is 28.3 Å². The first-order chi connectivity index (χ1) is 7.93. The fraction of sp³-hybridized carbons (Fsp3) is 0.750. The van der Waals surface area contributed by atoms with Gasteiger partial charge in [-0.2, -0.15) is 5.10 Å². The number of nitrogens with one attached hydrogen (secondary N) is 1. The molecule has 1 aliphatic heterocycles. The Kier molecular flexibility index (Phi) is 2.82. The molecule has 1 aliphatic carbocycles. The number of aromatic nitrogens is 3. The SMILES string of the molecule is c1nnc(C2CCNCC2)nc1C1CCC1. The molecule has 0 atom stereocenters. The van der Waals surface area contributed by atoms with Gasteiger partial charge in [-0.25, -0.2) is 4.98 Å². The summed E-state index contributed by atoms with van der Waals surface area (Å²) in [5, 5.41) is 11.7. The predicted octanol–water partition coefficient (Wildman–Crippen LogP) is 1.61. The highest BCUT2D eigenvalue weighted by molar-refractivity contribution is 5.09. The van der Waals surface area contributed by atoms with E-state index in [2.05, 4.69) is 15.5 Å². The molecule has 2 aliphatic rings. The molecule has 0 unspecified atom stereocenters. The summed E-state index contributed by atoms with van der Waals surface area (Å²) in [6.07, 6.45) is 8.06. The first kappa shape index (κ1) is 10.1. The molecule has 2 fully saturated rings. The molecule has 0 radical (unpaired) electrons. The fourth-order valence-corrected chi connectivity index (χ4v) is 2.48. The van der Waals surface area contributed by atoms with Gasteiger partial charge in [0.15, 0.2) is 5.82 Å². The molecule has 1 aromatic heterocycles. The molecule has 0 aromatic carbocycles. The van der Waals surface area contributed by atoms with Crippen LogP contribution in [0.25, 0.3) is 0 Å². The number of piperidine rings is 1. The molecule has 1 aromatic rings. The third-order valence-electron chi connectivity index (χ3n) is 3.82. The molecule has 4 nitrogen and oxygen atoms in total. The van der Waals surface area contributed by atoms with Gasteiger partial charge in [0.1, 0.15) is 0 Å². The van der Waals surface area contributed by atoms with E-state index in [0.29, 0.717) is 11.8 Å². The van der Waals surface area contributed by atoms with Gasteiger partial charge in [0.25, 0.3) is 0 Å². The van der Waals surface area contributed by atoms with E-state index in [-0.39, 0.29) is 0 Å². The Balaban J connectivity index is 1.77. The van der Waals surface area contributed by atoms with Crippen LogP contribution in [0, 0.1) is 0 Å². The van der Waals surface area contributed by atoms with Crippen LogP contribution >= 0.6 is 0 Å². The Morgan fingerprint density at radius 3 is 2.56 bits per heavy atom. The fourth-order valence-electron chi connectivity index (χ4n) is 2.48. The first-order valence-corrected chi connectivity index (χ1v) is 6.34. The third-order valence-corrected chi connectivity index (χ3v) is 3.82. The molecule has 1 saturated heterocycles. The van der Waals surface area contributed by atoms with E-state index in [9.17, 15) is 0 Å². The van der Waals surface area contributed by atoms with Crippen LogP contribution in [0.5, 0.6) is 0 Å². The van der Waals surface area contributed by atoms with E-state index in [1.165, 1.54) is 25.0 Å². The van der Waals surface area contributed by atoms with Crippen molar-refractivity contribution < 1.29 is 0 Å². The smallest absolute Gasteiger partial charge is 0.154 e. The highest BCUT2D eigenvalue weighted by atomic mass is 15.1. The van der Waals surface area contributed by atoms with Gasteiger partial charge in [-0.1, -0.05) is 6.42 Å². The van der Waals surface area contributed by atoms with Crippen LogP contribution in [-0.2, 0) is 0 Å². The summed E-state index contributed by atoms with van der Waals surface area (Å²) in [6.45, 7) is 2.17. The van der Waals surface area contributed by atoms with Crippen molar-refractivity contribution in [2.75, 3.05) is 13.1 Å². The van der Waals surface area contributed by atoms with Gasteiger partial charge in [-0.3, -0.25) is 0 Å². The topological polar surface area (TPSA) is 50.7 Å². The standard InChI is InChI=1S/C12H18N4/c1-2-9(3-1)11-8-14-16-12(15-11)10-4-6-13-7-5-10/h8-10,13H,1-7H2. The molecule has 0 spiro atoms. The molecule has 86 valence electrons. The molecular formula is C12H18N4. The molecule has 1 N–H and O–H groups in total. The molecule has 1 saturated carbocycles. The van der Waals surface area contributed by atoms with Crippen LogP contribution < -0.4 is 5.32 Å². The maximum Gasteiger partial charge on any atom is 0.154 e. The Bertz CT molecular complexity index is 356. The average molecular weight is 218 g/mol. The van der Waals surface area contributed by atoms with Crippen LogP contribution in [0.15, 0.2) is 6.20 Å². The second-order valence-electron chi connectivity index (χ2n) is 4.89. The van der Waals surface area contributed by atoms with Crippen molar-refractivity contribution in [3.63, 3.8) is 0 Å². The van der Waals surface area contributed by atoms with Gasteiger partial charge in [0.05, 0.1) is 11.9 Å². The molecule has 0 bridgehead atoms. The van der Waals surface area contributed by atoms with E-state index in [1.54, 1.807) is 0 Å². The van der Waals surface area contributed by atoms with Crippen molar-refractivity contribution in [1.29, 1.82) is 0 Å². The van der Waals surface area contributed by atoms with E-state index >= 15 is 0 Å². The van der Waals surface area contributed by atoms with Crippen molar-refractivity contribution in [2.24, 2.45) is 0 Å². The van der Waals surface area contributed by atoms with Crippen molar-refractivity contribution in [3.05, 3.63) is 17.7 Å². The first-order valence-electron chi connectivity index (χ1n) is 6.34. The molecular weight excluding hydrogens is 200 g/mol. The maximum atomic E-state index is 4.72. The summed E-state index contributed by atoms with van der Waals surface area (Å²) >= 11 is 0. The lowest BCUT2D eigenvalue weighted by molar-refractivity contribution is 0.398. The molecule has 16 heavy (non-hydrogen) atoms. The largest absolute Gasteiger partial charge is 0.317 e. The van der Waals surface area contributed by atoms with Crippen LogP contribution in [0.4, 0.5) is 0 Å². The Hall–Kier alpha value is -1.03. The van der Waals surface area contributed by atoms with Gasteiger partial charge in [0.2, 0.25) is 0 Å². The summed E-state index contributed by atoms with van der Waals surface area (Å²) in [4.78, 5) is 4.72. The number of hydrogen-bond acceptors (Lipinski definition) is 4. The normalized spacial score (nSPS) is 23.0. The minimum Gasteiger partial charge on any atom is -0.317 e. The van der Waals surface area contributed by atoms with Gasteiger partial charge in [-0.15, -0.1) is 5.10 Å². The minimum atomic E-state index is 0.522. The summed E-state index contributed by atoms with van der Waals surface area (Å²) in [5.41, 5.74) is 1.18. The van der Waals surface area contributed by atoms with Gasteiger partial charge in [0, 0.05) is 11.8 Å². The molecule has 4 heteroatoms. The van der Waals surface area contributed by atoms with Crippen LogP contribution in [0.3, 0.4) is 0 Å². The number of hydrogen-bond donors (Lipinski definition) is 1. The third kappa shape index (κ3) is 1.94. The molecule has 2 heterocycles. The molecule has 0 amide bonds. The lowest BCUT2D eigenvalue weighted by Gasteiger charge is -2.26. The van der Waals surface area contributed by atoms with Crippen molar-refractivity contribution in [1.82, 2.24) is 20.5 Å². The van der Waals surface area contributed by atoms with Crippen molar-refractivity contribution in [3.8, 4) is 0 Å². The van der Waals surface area contributed by atoms with E-state index in [1.807, 2.05) is 6.20 Å². The summed E-state index contributed by atoms with van der Waals surface area (Å²) in [7, 11) is 0. The predicted molar refractivity (Wildman–Crippen MR) is 61.3 cm³/mol. The van der Waals surface area contributed by atoms with E-state index in [0.717, 1.165) is 31.8 Å².